The molecule has 2 atom stereocenters. The topological polar surface area (TPSA) is 91.7 Å². The highest BCUT2D eigenvalue weighted by molar-refractivity contribution is 5.94. The minimum Gasteiger partial charge on any atom is -0.478 e. The number of anilines is 1. The molecule has 0 saturated carbocycles. The van der Waals surface area contributed by atoms with Gasteiger partial charge < -0.3 is 20.3 Å². The van der Waals surface area contributed by atoms with Gasteiger partial charge in [-0.05, 0) is 32.4 Å². The van der Waals surface area contributed by atoms with Gasteiger partial charge in [0.05, 0.1) is 6.10 Å². The largest absolute Gasteiger partial charge is 0.478 e. The molecule has 1 aliphatic heterocycles. The molecule has 1 fully saturated rings. The van der Waals surface area contributed by atoms with E-state index in [9.17, 15) is 15.0 Å². The van der Waals surface area contributed by atoms with Gasteiger partial charge in [-0.1, -0.05) is 0 Å². The number of nitrogens with zero attached hydrogens (tertiary/aromatic N) is 1. The van der Waals surface area contributed by atoms with Crippen LogP contribution in [0.5, 0.6) is 0 Å². The molecular formula is C14H20N2O4. The molecule has 0 radical (unpaired) electrons. The summed E-state index contributed by atoms with van der Waals surface area (Å²) < 4.78 is 5.36. The van der Waals surface area contributed by atoms with E-state index < -0.39 is 11.6 Å². The number of aromatic nitrogens is 1. The third kappa shape index (κ3) is 2.76. The molecule has 0 aliphatic carbocycles. The molecule has 1 aromatic heterocycles. The Morgan fingerprint density at radius 3 is 2.85 bits per heavy atom. The van der Waals surface area contributed by atoms with Crippen LogP contribution in [0.2, 0.25) is 0 Å². The summed E-state index contributed by atoms with van der Waals surface area (Å²) in [5.74, 6) is -0.734. The van der Waals surface area contributed by atoms with Crippen LogP contribution in [-0.4, -0.2) is 46.0 Å². The van der Waals surface area contributed by atoms with Gasteiger partial charge in [0.2, 0.25) is 0 Å². The van der Waals surface area contributed by atoms with Crippen molar-refractivity contribution < 1.29 is 19.7 Å². The number of aromatic carboxylic acids is 1. The molecule has 20 heavy (non-hydrogen) atoms. The fourth-order valence-electron chi connectivity index (χ4n) is 2.47. The maximum absolute atomic E-state index is 11.3. The van der Waals surface area contributed by atoms with Crippen molar-refractivity contribution in [2.75, 3.05) is 18.5 Å². The molecule has 2 unspecified atom stereocenters. The van der Waals surface area contributed by atoms with Crippen LogP contribution < -0.4 is 5.32 Å². The Labute approximate surface area is 117 Å². The minimum absolute atomic E-state index is 0.144. The molecule has 6 nitrogen and oxygen atoms in total. The first kappa shape index (κ1) is 14.7. The number of rotatable bonds is 4. The zero-order valence-corrected chi connectivity index (χ0v) is 11.9. The lowest BCUT2D eigenvalue weighted by molar-refractivity contribution is -0.0176. The van der Waals surface area contributed by atoms with Crippen LogP contribution in [0.3, 0.4) is 0 Å². The third-order valence-electron chi connectivity index (χ3n) is 3.78. The van der Waals surface area contributed by atoms with Gasteiger partial charge in [0, 0.05) is 25.3 Å². The first-order valence-electron chi connectivity index (χ1n) is 6.63. The fraction of sp³-hybridized carbons (Fsp3) is 0.571. The van der Waals surface area contributed by atoms with Crippen LogP contribution in [0.25, 0.3) is 0 Å². The van der Waals surface area contributed by atoms with Gasteiger partial charge in [-0.15, -0.1) is 0 Å². The number of pyridine rings is 1. The van der Waals surface area contributed by atoms with E-state index in [0.29, 0.717) is 24.4 Å². The number of hydrogen-bond acceptors (Lipinski definition) is 5. The van der Waals surface area contributed by atoms with E-state index in [1.54, 1.807) is 19.9 Å². The molecule has 0 bridgehead atoms. The van der Waals surface area contributed by atoms with Gasteiger partial charge in [0.25, 0.3) is 0 Å². The maximum atomic E-state index is 11.3. The van der Waals surface area contributed by atoms with Crippen molar-refractivity contribution in [2.24, 2.45) is 0 Å². The average Bonchev–Trinajstić information content (AvgIpc) is 2.66. The van der Waals surface area contributed by atoms with E-state index in [-0.39, 0.29) is 18.2 Å². The molecule has 0 amide bonds. The van der Waals surface area contributed by atoms with Gasteiger partial charge in [-0.3, -0.25) is 0 Å². The predicted octanol–water partition coefficient (Wildman–Crippen LogP) is 1.35. The Morgan fingerprint density at radius 2 is 2.30 bits per heavy atom. The molecule has 1 saturated heterocycles. The first-order chi connectivity index (χ1) is 9.33. The Balaban J connectivity index is 2.23. The van der Waals surface area contributed by atoms with Crippen LogP contribution in [0.1, 0.15) is 35.0 Å². The molecule has 1 aromatic rings. The highest BCUT2D eigenvalue weighted by atomic mass is 16.5. The van der Waals surface area contributed by atoms with Crippen molar-refractivity contribution >= 4 is 11.8 Å². The average molecular weight is 280 g/mol. The molecule has 0 spiro atoms. The van der Waals surface area contributed by atoms with E-state index in [1.165, 1.54) is 0 Å². The third-order valence-corrected chi connectivity index (χ3v) is 3.78. The summed E-state index contributed by atoms with van der Waals surface area (Å²) in [6, 6.07) is 1.73. The second-order valence-corrected chi connectivity index (χ2v) is 5.33. The summed E-state index contributed by atoms with van der Waals surface area (Å²) in [5.41, 5.74) is 0.536. The van der Waals surface area contributed by atoms with Gasteiger partial charge in [0.1, 0.15) is 17.0 Å². The van der Waals surface area contributed by atoms with Crippen LogP contribution in [0.15, 0.2) is 6.07 Å². The molecule has 1 aliphatic rings. The fourth-order valence-corrected chi connectivity index (χ4v) is 2.47. The van der Waals surface area contributed by atoms with Crippen LogP contribution in [0.4, 0.5) is 5.82 Å². The van der Waals surface area contributed by atoms with E-state index in [2.05, 4.69) is 10.3 Å². The first-order valence-corrected chi connectivity index (χ1v) is 6.63. The van der Waals surface area contributed by atoms with E-state index in [0.717, 1.165) is 5.69 Å². The van der Waals surface area contributed by atoms with Crippen molar-refractivity contribution in [3.8, 4) is 0 Å². The van der Waals surface area contributed by atoms with Crippen molar-refractivity contribution in [1.82, 2.24) is 4.98 Å². The van der Waals surface area contributed by atoms with E-state index >= 15 is 0 Å². The number of aliphatic hydroxyl groups is 1. The zero-order valence-electron chi connectivity index (χ0n) is 11.9. The lowest BCUT2D eigenvalue weighted by Gasteiger charge is -2.27. The van der Waals surface area contributed by atoms with Crippen molar-refractivity contribution in [2.45, 2.75) is 38.9 Å². The predicted molar refractivity (Wildman–Crippen MR) is 74.1 cm³/mol. The van der Waals surface area contributed by atoms with E-state index in [4.69, 9.17) is 4.74 Å². The van der Waals surface area contributed by atoms with E-state index in [1.807, 2.05) is 6.92 Å². The smallest absolute Gasteiger partial charge is 0.339 e. The number of nitrogens with one attached hydrogen (secondary N) is 1. The standard InChI is InChI=1S/C14H20N2O4/c1-8-6-9(2)16-12(11(8)13(17)18)15-7-14(19)4-5-20-10(14)3/h6,10,19H,4-5,7H2,1-3H3,(H,15,16)(H,17,18). The number of hydrogen-bond donors (Lipinski definition) is 3. The number of carboxylic acids is 1. The summed E-state index contributed by atoms with van der Waals surface area (Å²) in [6.45, 7) is 6.07. The van der Waals surface area contributed by atoms with Crippen molar-refractivity contribution in [1.29, 1.82) is 0 Å². The van der Waals surface area contributed by atoms with Crippen molar-refractivity contribution in [3.63, 3.8) is 0 Å². The van der Waals surface area contributed by atoms with Gasteiger partial charge in [-0.25, -0.2) is 9.78 Å². The Bertz CT molecular complexity index is 532. The van der Waals surface area contributed by atoms with Gasteiger partial charge >= 0.3 is 5.97 Å². The minimum atomic E-state index is -1.03. The molecule has 2 heterocycles. The molecule has 0 aromatic carbocycles. The molecule has 110 valence electrons. The van der Waals surface area contributed by atoms with Crippen LogP contribution in [-0.2, 0) is 4.74 Å². The van der Waals surface area contributed by atoms with Crippen LogP contribution >= 0.6 is 0 Å². The highest BCUT2D eigenvalue weighted by Gasteiger charge is 2.39. The molecule has 2 rings (SSSR count). The Morgan fingerprint density at radius 1 is 1.60 bits per heavy atom. The number of carbonyl (C=O) groups is 1. The Kier molecular flexibility index (Phi) is 3.96. The summed E-state index contributed by atoms with van der Waals surface area (Å²) in [4.78, 5) is 15.6. The number of carboxylic acid groups (broad SMARTS) is 1. The number of ether oxygens (including phenoxy) is 1. The van der Waals surface area contributed by atoms with Gasteiger partial charge in [-0.2, -0.15) is 0 Å². The van der Waals surface area contributed by atoms with Gasteiger partial charge in [0.15, 0.2) is 0 Å². The highest BCUT2D eigenvalue weighted by Crippen LogP contribution is 2.27. The lowest BCUT2D eigenvalue weighted by atomic mass is 9.96. The Hall–Kier alpha value is -1.66. The molecular weight excluding hydrogens is 260 g/mol. The molecule has 3 N–H and O–H groups in total. The maximum Gasteiger partial charge on any atom is 0.339 e. The summed E-state index contributed by atoms with van der Waals surface area (Å²) in [5, 5.41) is 22.7. The SMILES string of the molecule is Cc1cc(C)c(C(=O)O)c(NCC2(O)CCOC2C)n1. The van der Waals surface area contributed by atoms with Crippen LogP contribution in [0, 0.1) is 13.8 Å². The summed E-state index contributed by atoms with van der Waals surface area (Å²) in [7, 11) is 0. The summed E-state index contributed by atoms with van der Waals surface area (Å²) >= 11 is 0. The number of aryl methyl sites for hydroxylation is 2. The zero-order chi connectivity index (χ0) is 14.9. The monoisotopic (exact) mass is 280 g/mol. The normalized spacial score (nSPS) is 25.7. The second kappa shape index (κ2) is 5.38. The lowest BCUT2D eigenvalue weighted by Crippen LogP contribution is -2.43. The second-order valence-electron chi connectivity index (χ2n) is 5.33. The summed E-state index contributed by atoms with van der Waals surface area (Å²) in [6.07, 6.45) is 0.239. The quantitative estimate of drug-likeness (QED) is 0.771. The molecule has 6 heteroatoms. The van der Waals surface area contributed by atoms with Crippen molar-refractivity contribution in [3.05, 3.63) is 22.9 Å².